The normalized spacial score (nSPS) is 18.8. The van der Waals surface area contributed by atoms with Gasteiger partial charge in [-0.2, -0.15) is 0 Å². The van der Waals surface area contributed by atoms with Crippen LogP contribution in [0.3, 0.4) is 0 Å². The van der Waals surface area contributed by atoms with Crippen molar-refractivity contribution in [2.24, 2.45) is 5.73 Å². The molecule has 4 N–H and O–H groups in total. The highest BCUT2D eigenvalue weighted by molar-refractivity contribution is 8.06. The van der Waals surface area contributed by atoms with Gasteiger partial charge in [-0.05, 0) is 31.4 Å². The Labute approximate surface area is 145 Å². The van der Waals surface area contributed by atoms with E-state index in [1.807, 2.05) is 6.07 Å². The van der Waals surface area contributed by atoms with Crippen LogP contribution in [-0.2, 0) is 0 Å². The molecule has 5 nitrogen and oxygen atoms in total. The summed E-state index contributed by atoms with van der Waals surface area (Å²) in [6, 6.07) is 10.8. The van der Waals surface area contributed by atoms with Crippen LogP contribution in [-0.4, -0.2) is 16.0 Å². The Morgan fingerprint density at radius 2 is 2.04 bits per heavy atom. The topological polar surface area (TPSA) is 75.9 Å². The molecule has 0 spiro atoms. The molecule has 2 aliphatic rings. The maximum absolute atomic E-state index is 6.32. The Morgan fingerprint density at radius 3 is 2.79 bits per heavy atom. The fraction of sp³-hybridized carbons (Fsp3) is 0.222. The lowest BCUT2D eigenvalue weighted by Crippen LogP contribution is -2.13. The largest absolute Gasteiger partial charge is 0.395 e. The molecule has 1 aromatic heterocycles. The summed E-state index contributed by atoms with van der Waals surface area (Å²) in [5.74, 6) is 0.647. The quantitative estimate of drug-likeness (QED) is 0.795. The van der Waals surface area contributed by atoms with Gasteiger partial charge >= 0.3 is 0 Å². The first-order chi connectivity index (χ1) is 11.7. The Balaban J connectivity index is 1.53. The number of anilines is 1. The number of hydrogen-bond acceptors (Lipinski definition) is 6. The number of aryl methyl sites for hydroxylation is 1. The van der Waals surface area contributed by atoms with Crippen LogP contribution in [0.1, 0.15) is 29.7 Å². The average molecular weight is 337 g/mol. The first-order valence-corrected chi connectivity index (χ1v) is 8.87. The summed E-state index contributed by atoms with van der Waals surface area (Å²) in [5, 5.41) is 9.68. The molecule has 1 aliphatic heterocycles. The molecule has 0 bridgehead atoms. The number of hydrogen-bond donors (Lipinski definition) is 3. The highest BCUT2D eigenvalue weighted by atomic mass is 32.2. The van der Waals surface area contributed by atoms with E-state index in [1.165, 1.54) is 18.4 Å². The zero-order chi connectivity index (χ0) is 16.5. The van der Waals surface area contributed by atoms with Crippen LogP contribution >= 0.6 is 11.8 Å². The van der Waals surface area contributed by atoms with Crippen LogP contribution in [0.15, 0.2) is 47.0 Å². The van der Waals surface area contributed by atoms with Gasteiger partial charge in [-0.25, -0.2) is 9.97 Å². The lowest BCUT2D eigenvalue weighted by Gasteiger charge is -2.10. The van der Waals surface area contributed by atoms with Crippen LogP contribution in [0.2, 0.25) is 0 Å². The number of benzene rings is 1. The molecular weight excluding hydrogens is 318 g/mol. The highest BCUT2D eigenvalue weighted by Crippen LogP contribution is 2.33. The summed E-state index contributed by atoms with van der Waals surface area (Å²) in [5.41, 5.74) is 11.2. The molecule has 6 heteroatoms. The van der Waals surface area contributed by atoms with Gasteiger partial charge in [0.1, 0.15) is 5.03 Å². The van der Waals surface area contributed by atoms with Crippen molar-refractivity contribution in [1.82, 2.24) is 15.3 Å². The van der Waals surface area contributed by atoms with Gasteiger partial charge in [0.25, 0.3) is 0 Å². The Kier molecular flexibility index (Phi) is 3.90. The van der Waals surface area contributed by atoms with Crippen molar-refractivity contribution in [3.63, 3.8) is 0 Å². The minimum atomic E-state index is 0.517. The van der Waals surface area contributed by atoms with E-state index in [2.05, 4.69) is 57.2 Å². The second kappa shape index (κ2) is 6.20. The molecule has 1 fully saturated rings. The summed E-state index contributed by atoms with van der Waals surface area (Å²) >= 11 is 1.59. The van der Waals surface area contributed by atoms with Gasteiger partial charge in [0, 0.05) is 17.6 Å². The minimum absolute atomic E-state index is 0.517. The van der Waals surface area contributed by atoms with Crippen molar-refractivity contribution >= 4 is 29.1 Å². The molecule has 1 saturated carbocycles. The predicted molar refractivity (Wildman–Crippen MR) is 99.7 cm³/mol. The first-order valence-electron chi connectivity index (χ1n) is 7.99. The molecule has 1 aromatic carbocycles. The van der Waals surface area contributed by atoms with E-state index < -0.39 is 0 Å². The standard InChI is InChI=1S/C18H19N5S/c1-11-2-4-12(5-3-11)15-10-24-17(22-15)16(19)14-8-9-20-18(23-14)21-13-6-7-13/h2-5,8-10,13,22H,6-7,19H2,1H3,(H,20,21,23)/b17-16+. The van der Waals surface area contributed by atoms with E-state index >= 15 is 0 Å². The molecule has 0 saturated heterocycles. The Bertz CT molecular complexity index is 822. The SMILES string of the molecule is Cc1ccc(C2=CS/C(=C(/N)c3ccnc(NC4CC4)n3)N2)cc1. The number of aromatic nitrogens is 2. The van der Waals surface area contributed by atoms with Crippen LogP contribution in [0.5, 0.6) is 0 Å². The van der Waals surface area contributed by atoms with E-state index in [-0.39, 0.29) is 0 Å². The smallest absolute Gasteiger partial charge is 0.223 e. The average Bonchev–Trinajstić information content (AvgIpc) is 3.27. The van der Waals surface area contributed by atoms with Crippen LogP contribution < -0.4 is 16.4 Å². The third kappa shape index (κ3) is 3.23. The maximum Gasteiger partial charge on any atom is 0.223 e. The summed E-state index contributed by atoms with van der Waals surface area (Å²) in [6.07, 6.45) is 4.12. The second-order valence-electron chi connectivity index (χ2n) is 6.07. The summed E-state index contributed by atoms with van der Waals surface area (Å²) in [7, 11) is 0. The summed E-state index contributed by atoms with van der Waals surface area (Å²) < 4.78 is 0. The van der Waals surface area contributed by atoms with Gasteiger partial charge in [-0.1, -0.05) is 41.6 Å². The van der Waals surface area contributed by atoms with Crippen molar-refractivity contribution < 1.29 is 0 Å². The fourth-order valence-corrected chi connectivity index (χ4v) is 3.24. The minimum Gasteiger partial charge on any atom is -0.395 e. The van der Waals surface area contributed by atoms with Crippen molar-refractivity contribution in [3.05, 3.63) is 63.8 Å². The Hall–Kier alpha value is -2.47. The molecule has 2 heterocycles. The molecule has 0 unspecified atom stereocenters. The lowest BCUT2D eigenvalue weighted by atomic mass is 10.1. The molecule has 1 aliphatic carbocycles. The number of nitrogens with zero attached hydrogens (tertiary/aromatic N) is 2. The van der Waals surface area contributed by atoms with Gasteiger partial charge in [-0.3, -0.25) is 0 Å². The van der Waals surface area contributed by atoms with Gasteiger partial charge in [0.2, 0.25) is 5.95 Å². The Morgan fingerprint density at radius 1 is 1.25 bits per heavy atom. The molecule has 2 aromatic rings. The van der Waals surface area contributed by atoms with Crippen molar-refractivity contribution in [2.45, 2.75) is 25.8 Å². The fourth-order valence-electron chi connectivity index (χ4n) is 2.41. The van der Waals surface area contributed by atoms with E-state index in [4.69, 9.17) is 5.73 Å². The number of rotatable bonds is 4. The van der Waals surface area contributed by atoms with Crippen LogP contribution in [0, 0.1) is 6.92 Å². The monoisotopic (exact) mass is 337 g/mol. The van der Waals surface area contributed by atoms with Gasteiger partial charge in [-0.15, -0.1) is 0 Å². The molecule has 0 amide bonds. The number of thioether (sulfide) groups is 1. The third-order valence-electron chi connectivity index (χ3n) is 3.99. The van der Waals surface area contributed by atoms with Crippen LogP contribution in [0.4, 0.5) is 5.95 Å². The summed E-state index contributed by atoms with van der Waals surface area (Å²) in [4.78, 5) is 8.78. The maximum atomic E-state index is 6.32. The number of nitrogens with one attached hydrogen (secondary N) is 2. The first kappa shape index (κ1) is 15.1. The molecule has 4 rings (SSSR count). The molecule has 0 atom stereocenters. The van der Waals surface area contributed by atoms with E-state index in [1.54, 1.807) is 18.0 Å². The second-order valence-corrected chi connectivity index (χ2v) is 6.95. The van der Waals surface area contributed by atoms with E-state index in [0.29, 0.717) is 17.7 Å². The summed E-state index contributed by atoms with van der Waals surface area (Å²) in [6.45, 7) is 2.08. The third-order valence-corrected chi connectivity index (χ3v) is 4.90. The molecular formula is C18H19N5S. The van der Waals surface area contributed by atoms with Gasteiger partial charge in [0.15, 0.2) is 0 Å². The number of nitrogens with two attached hydrogens (primary N) is 1. The van der Waals surface area contributed by atoms with Crippen molar-refractivity contribution in [1.29, 1.82) is 0 Å². The molecule has 24 heavy (non-hydrogen) atoms. The van der Waals surface area contributed by atoms with E-state index in [9.17, 15) is 0 Å². The zero-order valence-electron chi connectivity index (χ0n) is 13.4. The van der Waals surface area contributed by atoms with Crippen LogP contribution in [0.25, 0.3) is 11.4 Å². The lowest BCUT2D eigenvalue weighted by molar-refractivity contribution is 1.04. The molecule has 0 radical (unpaired) electrons. The zero-order valence-corrected chi connectivity index (χ0v) is 14.2. The predicted octanol–water partition coefficient (Wildman–Crippen LogP) is 3.28. The van der Waals surface area contributed by atoms with E-state index in [0.717, 1.165) is 22.0 Å². The van der Waals surface area contributed by atoms with Gasteiger partial charge < -0.3 is 16.4 Å². The van der Waals surface area contributed by atoms with Crippen molar-refractivity contribution in [2.75, 3.05) is 5.32 Å². The van der Waals surface area contributed by atoms with Crippen molar-refractivity contribution in [3.8, 4) is 0 Å². The molecule has 122 valence electrons. The van der Waals surface area contributed by atoms with Gasteiger partial charge in [0.05, 0.1) is 17.1 Å². The highest BCUT2D eigenvalue weighted by Gasteiger charge is 2.22.